The third kappa shape index (κ3) is 2.15. The van der Waals surface area contributed by atoms with Crippen LogP contribution in [0, 0.1) is 0 Å². The summed E-state index contributed by atoms with van der Waals surface area (Å²) >= 11 is 0. The molecule has 1 aliphatic carbocycles. The molecule has 0 aromatic carbocycles. The van der Waals surface area contributed by atoms with Crippen molar-refractivity contribution >= 4 is 11.8 Å². The summed E-state index contributed by atoms with van der Waals surface area (Å²) in [6.07, 6.45) is 5.68. The van der Waals surface area contributed by atoms with Gasteiger partial charge in [-0.3, -0.25) is 9.59 Å². The van der Waals surface area contributed by atoms with Crippen LogP contribution < -0.4 is 5.32 Å². The van der Waals surface area contributed by atoms with Gasteiger partial charge in [0.2, 0.25) is 11.8 Å². The molecule has 2 rings (SSSR count). The van der Waals surface area contributed by atoms with Gasteiger partial charge < -0.3 is 10.2 Å². The Morgan fingerprint density at radius 1 is 1.21 bits per heavy atom. The molecule has 2 fully saturated rings. The predicted octanol–water partition coefficient (Wildman–Crippen LogP) is 2.22. The zero-order valence-electron chi connectivity index (χ0n) is 12.6. The van der Waals surface area contributed by atoms with E-state index in [-0.39, 0.29) is 17.9 Å². The Kier molecular flexibility index (Phi) is 3.63. The average molecular weight is 266 g/mol. The molecule has 1 atom stereocenters. The van der Waals surface area contributed by atoms with Gasteiger partial charge in [0.1, 0.15) is 11.1 Å². The van der Waals surface area contributed by atoms with Gasteiger partial charge in [0.15, 0.2) is 0 Å². The van der Waals surface area contributed by atoms with Gasteiger partial charge in [-0.05, 0) is 40.0 Å². The van der Waals surface area contributed by atoms with Gasteiger partial charge in [0.25, 0.3) is 0 Å². The van der Waals surface area contributed by atoms with Crippen LogP contribution in [0.4, 0.5) is 0 Å². The van der Waals surface area contributed by atoms with E-state index in [1.54, 1.807) is 0 Å². The summed E-state index contributed by atoms with van der Waals surface area (Å²) in [7, 11) is 0. The van der Waals surface area contributed by atoms with Gasteiger partial charge in [0, 0.05) is 6.04 Å². The van der Waals surface area contributed by atoms with Crippen molar-refractivity contribution in [3.8, 4) is 0 Å². The van der Waals surface area contributed by atoms with Crippen LogP contribution in [0.15, 0.2) is 0 Å². The van der Waals surface area contributed by atoms with Gasteiger partial charge in [-0.15, -0.1) is 0 Å². The number of rotatable bonds is 2. The summed E-state index contributed by atoms with van der Waals surface area (Å²) in [6, 6.07) is 0.104. The van der Waals surface area contributed by atoms with Crippen LogP contribution >= 0.6 is 0 Å². The Hall–Kier alpha value is -1.06. The van der Waals surface area contributed by atoms with E-state index in [0.717, 1.165) is 38.5 Å². The fourth-order valence-electron chi connectivity index (χ4n) is 3.45. The van der Waals surface area contributed by atoms with Crippen LogP contribution in [0.25, 0.3) is 0 Å². The molecule has 4 nitrogen and oxygen atoms in total. The Morgan fingerprint density at radius 3 is 2.32 bits per heavy atom. The lowest BCUT2D eigenvalue weighted by atomic mass is 9.76. The van der Waals surface area contributed by atoms with Crippen molar-refractivity contribution in [1.29, 1.82) is 0 Å². The van der Waals surface area contributed by atoms with Gasteiger partial charge in [0.05, 0.1) is 0 Å². The molecule has 1 unspecified atom stereocenters. The minimum atomic E-state index is -0.741. The summed E-state index contributed by atoms with van der Waals surface area (Å²) in [6.45, 7) is 7.80. The maximum absolute atomic E-state index is 13.0. The van der Waals surface area contributed by atoms with Crippen molar-refractivity contribution in [2.45, 2.75) is 83.3 Å². The van der Waals surface area contributed by atoms with Crippen molar-refractivity contribution in [3.63, 3.8) is 0 Å². The second kappa shape index (κ2) is 4.80. The van der Waals surface area contributed by atoms with Gasteiger partial charge in [-0.1, -0.05) is 26.2 Å². The Balaban J connectivity index is 2.37. The van der Waals surface area contributed by atoms with Crippen molar-refractivity contribution in [2.75, 3.05) is 0 Å². The van der Waals surface area contributed by atoms with Gasteiger partial charge in [-0.25, -0.2) is 0 Å². The lowest BCUT2D eigenvalue weighted by molar-refractivity contribution is -0.165. The minimum Gasteiger partial charge on any atom is -0.340 e. The first kappa shape index (κ1) is 14.4. The molecular formula is C15H26N2O2. The van der Waals surface area contributed by atoms with Crippen LogP contribution in [0.2, 0.25) is 0 Å². The lowest BCUT2D eigenvalue weighted by Crippen LogP contribution is -2.75. The average Bonchev–Trinajstić information content (AvgIpc) is 2.37. The third-order valence-corrected chi connectivity index (χ3v) is 4.88. The van der Waals surface area contributed by atoms with Crippen molar-refractivity contribution < 1.29 is 9.59 Å². The number of carbonyl (C=O) groups excluding carboxylic acids is 2. The zero-order valence-corrected chi connectivity index (χ0v) is 12.6. The molecule has 1 heterocycles. The number of hydrogen-bond acceptors (Lipinski definition) is 2. The highest BCUT2D eigenvalue weighted by Crippen LogP contribution is 2.37. The summed E-state index contributed by atoms with van der Waals surface area (Å²) in [4.78, 5) is 27.3. The number of amides is 2. The number of nitrogens with zero attached hydrogens (tertiary/aromatic N) is 1. The van der Waals surface area contributed by atoms with Crippen LogP contribution in [-0.2, 0) is 9.59 Å². The molecule has 1 spiro atoms. The van der Waals surface area contributed by atoms with Crippen molar-refractivity contribution in [1.82, 2.24) is 10.2 Å². The first-order valence-corrected chi connectivity index (χ1v) is 7.51. The molecule has 2 amide bonds. The molecule has 0 bridgehead atoms. The van der Waals surface area contributed by atoms with Crippen molar-refractivity contribution in [3.05, 3.63) is 0 Å². The van der Waals surface area contributed by atoms with Gasteiger partial charge in [-0.2, -0.15) is 0 Å². The van der Waals surface area contributed by atoms with E-state index in [0.29, 0.717) is 0 Å². The number of nitrogens with one attached hydrogen (secondary N) is 1. The van der Waals surface area contributed by atoms with Gasteiger partial charge >= 0.3 is 0 Å². The molecule has 2 aliphatic rings. The monoisotopic (exact) mass is 266 g/mol. The maximum Gasteiger partial charge on any atom is 0.249 e. The predicted molar refractivity (Wildman–Crippen MR) is 74.6 cm³/mol. The lowest BCUT2D eigenvalue weighted by Gasteiger charge is -2.53. The quantitative estimate of drug-likeness (QED) is 0.833. The summed E-state index contributed by atoms with van der Waals surface area (Å²) < 4.78 is 0. The first-order chi connectivity index (χ1) is 8.85. The highest BCUT2D eigenvalue weighted by atomic mass is 16.2. The molecule has 0 aromatic rings. The maximum atomic E-state index is 13.0. The van der Waals surface area contributed by atoms with E-state index in [9.17, 15) is 9.59 Å². The molecule has 1 saturated carbocycles. The summed E-state index contributed by atoms with van der Waals surface area (Å²) in [5, 5.41) is 3.05. The van der Waals surface area contributed by atoms with Crippen LogP contribution in [0.1, 0.15) is 66.2 Å². The van der Waals surface area contributed by atoms with Crippen LogP contribution in [0.3, 0.4) is 0 Å². The Labute approximate surface area is 115 Å². The fourth-order valence-corrected chi connectivity index (χ4v) is 3.45. The molecule has 1 N–H and O–H groups in total. The number of carbonyl (C=O) groups is 2. The third-order valence-electron chi connectivity index (χ3n) is 4.88. The van der Waals surface area contributed by atoms with E-state index in [1.807, 2.05) is 25.7 Å². The molecule has 0 radical (unpaired) electrons. The SMILES string of the molecule is CCC(C)N1C(=O)C2(CCCCC2)NC(=O)C1(C)C. The molecule has 0 aromatic heterocycles. The normalized spacial score (nSPS) is 27.3. The minimum absolute atomic E-state index is 0.00528. The van der Waals surface area contributed by atoms with E-state index in [4.69, 9.17) is 0 Å². The summed E-state index contributed by atoms with van der Waals surface area (Å²) in [5.74, 6) is 0.125. The smallest absolute Gasteiger partial charge is 0.249 e. The molecular weight excluding hydrogens is 240 g/mol. The second-order valence-corrected chi connectivity index (χ2v) is 6.59. The molecule has 1 saturated heterocycles. The van der Waals surface area contributed by atoms with Crippen molar-refractivity contribution in [2.24, 2.45) is 0 Å². The Morgan fingerprint density at radius 2 is 1.79 bits per heavy atom. The fraction of sp³-hybridized carbons (Fsp3) is 0.867. The highest BCUT2D eigenvalue weighted by Gasteiger charge is 2.55. The number of piperazine rings is 1. The van der Waals surface area contributed by atoms with Crippen LogP contribution in [0.5, 0.6) is 0 Å². The molecule has 4 heteroatoms. The topological polar surface area (TPSA) is 49.4 Å². The van der Waals surface area contributed by atoms with E-state index in [1.165, 1.54) is 0 Å². The first-order valence-electron chi connectivity index (χ1n) is 7.51. The highest BCUT2D eigenvalue weighted by molar-refractivity contribution is 6.02. The molecule has 19 heavy (non-hydrogen) atoms. The number of hydrogen-bond donors (Lipinski definition) is 1. The van der Waals surface area contributed by atoms with E-state index >= 15 is 0 Å². The van der Waals surface area contributed by atoms with E-state index in [2.05, 4.69) is 12.2 Å². The Bertz CT molecular complexity index is 384. The zero-order chi connectivity index (χ0) is 14.3. The second-order valence-electron chi connectivity index (χ2n) is 6.59. The van der Waals surface area contributed by atoms with E-state index < -0.39 is 11.1 Å². The molecule has 1 aliphatic heterocycles. The standard InChI is InChI=1S/C15H26N2O2/c1-5-11(2)17-13(19)15(9-7-6-8-10-15)16-12(18)14(17,3)4/h11H,5-10H2,1-4H3,(H,16,18). The summed E-state index contributed by atoms with van der Waals surface area (Å²) in [5.41, 5.74) is -1.36. The van der Waals surface area contributed by atoms with Crippen LogP contribution in [-0.4, -0.2) is 33.8 Å². The largest absolute Gasteiger partial charge is 0.340 e. The molecule has 108 valence electrons.